The number of nitriles is 1. The SMILES string of the molecule is CC[C@H](C(=O)OCC(=O)NCCC#N)c1ccccc1. The lowest BCUT2D eigenvalue weighted by atomic mass is 9.97. The lowest BCUT2D eigenvalue weighted by Gasteiger charge is -2.14. The van der Waals surface area contributed by atoms with Gasteiger partial charge >= 0.3 is 5.97 Å². The van der Waals surface area contributed by atoms with Gasteiger partial charge in [-0.1, -0.05) is 37.3 Å². The van der Waals surface area contributed by atoms with Crippen LogP contribution in [-0.2, 0) is 14.3 Å². The maximum absolute atomic E-state index is 12.0. The van der Waals surface area contributed by atoms with Gasteiger partial charge in [-0.3, -0.25) is 9.59 Å². The van der Waals surface area contributed by atoms with Crippen molar-refractivity contribution in [1.29, 1.82) is 5.26 Å². The molecule has 0 aliphatic heterocycles. The topological polar surface area (TPSA) is 79.2 Å². The lowest BCUT2D eigenvalue weighted by molar-refractivity contribution is -0.150. The molecule has 1 atom stereocenters. The third-order valence-electron chi connectivity index (χ3n) is 2.80. The summed E-state index contributed by atoms with van der Waals surface area (Å²) >= 11 is 0. The van der Waals surface area contributed by atoms with Crippen LogP contribution in [0.3, 0.4) is 0 Å². The second kappa shape index (κ2) is 8.70. The predicted molar refractivity (Wildman–Crippen MR) is 73.7 cm³/mol. The van der Waals surface area contributed by atoms with Crippen molar-refractivity contribution in [1.82, 2.24) is 5.32 Å². The third-order valence-corrected chi connectivity index (χ3v) is 2.80. The normalized spacial score (nSPS) is 11.2. The number of hydrogen-bond acceptors (Lipinski definition) is 4. The second-order valence-corrected chi connectivity index (χ2v) is 4.24. The molecular formula is C15H18N2O3. The van der Waals surface area contributed by atoms with Crippen LogP contribution >= 0.6 is 0 Å². The molecule has 0 unspecified atom stereocenters. The van der Waals surface area contributed by atoms with Crippen LogP contribution in [0, 0.1) is 11.3 Å². The fourth-order valence-corrected chi connectivity index (χ4v) is 1.77. The summed E-state index contributed by atoms with van der Waals surface area (Å²) < 4.78 is 5.01. The van der Waals surface area contributed by atoms with E-state index in [-0.39, 0.29) is 25.5 Å². The highest BCUT2D eigenvalue weighted by atomic mass is 16.5. The maximum atomic E-state index is 12.0. The molecule has 1 aromatic carbocycles. The number of carbonyl (C=O) groups excluding carboxylic acids is 2. The first-order chi connectivity index (χ1) is 9.69. The molecule has 1 rings (SSSR count). The van der Waals surface area contributed by atoms with Crippen molar-refractivity contribution >= 4 is 11.9 Å². The van der Waals surface area contributed by atoms with Gasteiger partial charge in [0, 0.05) is 6.54 Å². The molecule has 5 heteroatoms. The largest absolute Gasteiger partial charge is 0.455 e. The Hall–Kier alpha value is -2.35. The molecule has 1 N–H and O–H groups in total. The van der Waals surface area contributed by atoms with Gasteiger partial charge < -0.3 is 10.1 Å². The summed E-state index contributed by atoms with van der Waals surface area (Å²) in [7, 11) is 0. The van der Waals surface area contributed by atoms with E-state index in [1.54, 1.807) is 0 Å². The van der Waals surface area contributed by atoms with E-state index >= 15 is 0 Å². The van der Waals surface area contributed by atoms with E-state index in [9.17, 15) is 9.59 Å². The van der Waals surface area contributed by atoms with Gasteiger partial charge in [0.1, 0.15) is 0 Å². The zero-order valence-electron chi connectivity index (χ0n) is 11.5. The molecule has 106 valence electrons. The second-order valence-electron chi connectivity index (χ2n) is 4.24. The molecule has 0 aliphatic carbocycles. The molecular weight excluding hydrogens is 256 g/mol. The Bertz CT molecular complexity index is 480. The molecule has 0 fully saturated rings. The Balaban J connectivity index is 2.45. The van der Waals surface area contributed by atoms with E-state index < -0.39 is 11.9 Å². The Morgan fingerprint density at radius 3 is 2.65 bits per heavy atom. The van der Waals surface area contributed by atoms with Crippen molar-refractivity contribution in [3.05, 3.63) is 35.9 Å². The van der Waals surface area contributed by atoms with Crippen molar-refractivity contribution in [2.24, 2.45) is 0 Å². The van der Waals surface area contributed by atoms with Crippen molar-refractivity contribution in [2.75, 3.05) is 13.2 Å². The van der Waals surface area contributed by atoms with Gasteiger partial charge in [0.15, 0.2) is 6.61 Å². The summed E-state index contributed by atoms with van der Waals surface area (Å²) in [5.74, 6) is -1.16. The van der Waals surface area contributed by atoms with Crippen LogP contribution in [0.2, 0.25) is 0 Å². The standard InChI is InChI=1S/C15H18N2O3/c1-2-13(12-7-4-3-5-8-12)15(19)20-11-14(18)17-10-6-9-16/h3-5,7-8,13H,2,6,10-11H2,1H3,(H,17,18)/t13-/m0/s1. The fourth-order valence-electron chi connectivity index (χ4n) is 1.77. The lowest BCUT2D eigenvalue weighted by Crippen LogP contribution is -2.30. The molecule has 0 aromatic heterocycles. The molecule has 0 saturated heterocycles. The molecule has 5 nitrogen and oxygen atoms in total. The van der Waals surface area contributed by atoms with Crippen molar-refractivity contribution < 1.29 is 14.3 Å². The van der Waals surface area contributed by atoms with E-state index in [2.05, 4.69) is 5.32 Å². The van der Waals surface area contributed by atoms with E-state index in [1.165, 1.54) is 0 Å². The number of hydrogen-bond donors (Lipinski definition) is 1. The van der Waals surface area contributed by atoms with Crippen molar-refractivity contribution in [2.45, 2.75) is 25.7 Å². The first-order valence-corrected chi connectivity index (χ1v) is 6.54. The number of nitrogens with zero attached hydrogens (tertiary/aromatic N) is 1. The minimum atomic E-state index is -0.408. The van der Waals surface area contributed by atoms with E-state index in [1.807, 2.05) is 43.3 Å². The Kier molecular flexibility index (Phi) is 6.83. The zero-order chi connectivity index (χ0) is 14.8. The van der Waals surface area contributed by atoms with Crippen LogP contribution in [0.4, 0.5) is 0 Å². The number of amides is 1. The smallest absolute Gasteiger partial charge is 0.313 e. The zero-order valence-corrected chi connectivity index (χ0v) is 11.5. The summed E-state index contributed by atoms with van der Waals surface area (Å²) in [6.45, 7) is 1.85. The highest BCUT2D eigenvalue weighted by Gasteiger charge is 2.20. The van der Waals surface area contributed by atoms with Gasteiger partial charge in [-0.05, 0) is 12.0 Å². The van der Waals surface area contributed by atoms with Gasteiger partial charge in [0.25, 0.3) is 5.91 Å². The molecule has 0 radical (unpaired) electrons. The van der Waals surface area contributed by atoms with Gasteiger partial charge in [-0.25, -0.2) is 0 Å². The molecule has 20 heavy (non-hydrogen) atoms. The van der Waals surface area contributed by atoms with Gasteiger partial charge in [0.2, 0.25) is 0 Å². The van der Waals surface area contributed by atoms with Crippen LogP contribution in [0.25, 0.3) is 0 Å². The summed E-state index contributed by atoms with van der Waals surface area (Å²) in [6.07, 6.45) is 0.847. The maximum Gasteiger partial charge on any atom is 0.313 e. The fraction of sp³-hybridized carbons (Fsp3) is 0.400. The number of carbonyl (C=O) groups is 2. The summed E-state index contributed by atoms with van der Waals surface area (Å²) in [4.78, 5) is 23.3. The van der Waals surface area contributed by atoms with Crippen LogP contribution in [0.15, 0.2) is 30.3 Å². The Morgan fingerprint density at radius 1 is 1.35 bits per heavy atom. The van der Waals surface area contributed by atoms with Crippen LogP contribution in [0.5, 0.6) is 0 Å². The molecule has 0 bridgehead atoms. The number of esters is 1. The molecule has 0 spiro atoms. The Labute approximate surface area is 118 Å². The average Bonchev–Trinajstić information content (AvgIpc) is 2.47. The van der Waals surface area contributed by atoms with E-state index in [0.29, 0.717) is 6.42 Å². The molecule has 0 heterocycles. The first kappa shape index (κ1) is 15.7. The number of nitrogens with one attached hydrogen (secondary N) is 1. The quantitative estimate of drug-likeness (QED) is 0.607. The number of rotatable bonds is 7. The minimum Gasteiger partial charge on any atom is -0.455 e. The van der Waals surface area contributed by atoms with E-state index in [4.69, 9.17) is 10.00 Å². The summed E-state index contributed by atoms with van der Waals surface area (Å²) in [6, 6.07) is 11.2. The molecule has 0 saturated carbocycles. The number of ether oxygens (including phenoxy) is 1. The monoisotopic (exact) mass is 274 g/mol. The number of benzene rings is 1. The van der Waals surface area contributed by atoms with E-state index in [0.717, 1.165) is 5.56 Å². The third kappa shape index (κ3) is 5.11. The van der Waals surface area contributed by atoms with Crippen LogP contribution in [-0.4, -0.2) is 25.0 Å². The first-order valence-electron chi connectivity index (χ1n) is 6.54. The van der Waals surface area contributed by atoms with Gasteiger partial charge in [0.05, 0.1) is 18.4 Å². The Morgan fingerprint density at radius 2 is 2.05 bits per heavy atom. The molecule has 1 aromatic rings. The van der Waals surface area contributed by atoms with Crippen molar-refractivity contribution in [3.63, 3.8) is 0 Å². The highest BCUT2D eigenvalue weighted by molar-refractivity contribution is 5.83. The van der Waals surface area contributed by atoms with Gasteiger partial charge in [-0.2, -0.15) is 5.26 Å². The highest BCUT2D eigenvalue weighted by Crippen LogP contribution is 2.20. The van der Waals surface area contributed by atoms with Crippen LogP contribution in [0.1, 0.15) is 31.2 Å². The summed E-state index contributed by atoms with van der Waals surface area (Å²) in [5.41, 5.74) is 0.880. The van der Waals surface area contributed by atoms with Crippen LogP contribution < -0.4 is 5.32 Å². The molecule has 1 amide bonds. The average molecular weight is 274 g/mol. The van der Waals surface area contributed by atoms with Crippen molar-refractivity contribution in [3.8, 4) is 6.07 Å². The van der Waals surface area contributed by atoms with Gasteiger partial charge in [-0.15, -0.1) is 0 Å². The predicted octanol–water partition coefficient (Wildman–Crippen LogP) is 1.75. The summed E-state index contributed by atoms with van der Waals surface area (Å²) in [5, 5.41) is 10.8. The minimum absolute atomic E-state index is 0.237. The molecule has 0 aliphatic rings.